The van der Waals surface area contributed by atoms with E-state index in [0.29, 0.717) is 0 Å². The van der Waals surface area contributed by atoms with Crippen LogP contribution in [0, 0.1) is 5.82 Å². The monoisotopic (exact) mass is 265 g/mol. The van der Waals surface area contributed by atoms with E-state index in [9.17, 15) is 22.4 Å². The van der Waals surface area contributed by atoms with Crippen molar-refractivity contribution in [3.8, 4) is 0 Å². The van der Waals surface area contributed by atoms with Gasteiger partial charge < -0.3 is 10.6 Å². The molecule has 1 rings (SSSR count). The van der Waals surface area contributed by atoms with Crippen LogP contribution in [-0.4, -0.2) is 35.6 Å². The zero-order valence-electron chi connectivity index (χ0n) is 9.46. The van der Waals surface area contributed by atoms with Gasteiger partial charge in [0.1, 0.15) is 0 Å². The Kier molecular flexibility index (Phi) is 4.10. The Morgan fingerprint density at radius 1 is 1.50 bits per heavy atom. The third-order valence-corrected chi connectivity index (χ3v) is 2.22. The molecule has 0 aromatic carbocycles. The molecule has 0 bridgehead atoms. The third-order valence-electron chi connectivity index (χ3n) is 2.22. The zero-order chi connectivity index (χ0) is 13.9. The maximum absolute atomic E-state index is 13.4. The fraction of sp³-hybridized carbons (Fsp3) is 0.400. The number of rotatable bonds is 3. The van der Waals surface area contributed by atoms with Gasteiger partial charge in [-0.2, -0.15) is 13.2 Å². The Morgan fingerprint density at radius 3 is 2.67 bits per heavy atom. The molecule has 0 atom stereocenters. The zero-order valence-corrected chi connectivity index (χ0v) is 9.46. The molecule has 18 heavy (non-hydrogen) atoms. The second-order valence-electron chi connectivity index (χ2n) is 3.65. The molecule has 1 heterocycles. The molecule has 0 aliphatic rings. The molecule has 0 unspecified atom stereocenters. The summed E-state index contributed by atoms with van der Waals surface area (Å²) < 4.78 is 49.4. The number of pyridine rings is 1. The lowest BCUT2D eigenvalue weighted by atomic mass is 10.2. The number of alkyl halides is 3. The van der Waals surface area contributed by atoms with Crippen molar-refractivity contribution in [3.63, 3.8) is 0 Å². The lowest BCUT2D eigenvalue weighted by molar-refractivity contribution is -0.136. The Hall–Kier alpha value is -1.86. The first-order chi connectivity index (χ1) is 8.22. The van der Waals surface area contributed by atoms with Crippen LogP contribution >= 0.6 is 0 Å². The van der Waals surface area contributed by atoms with Crippen LogP contribution in [0.3, 0.4) is 0 Å². The van der Waals surface area contributed by atoms with Crippen molar-refractivity contribution in [2.24, 2.45) is 0 Å². The van der Waals surface area contributed by atoms with Gasteiger partial charge >= 0.3 is 6.18 Å². The molecule has 1 aromatic heterocycles. The summed E-state index contributed by atoms with van der Waals surface area (Å²) in [6.07, 6.45) is -4.41. The average Bonchev–Trinajstić information content (AvgIpc) is 2.28. The molecule has 0 saturated heterocycles. The molecule has 0 fully saturated rings. The van der Waals surface area contributed by atoms with Gasteiger partial charge in [-0.05, 0) is 6.07 Å². The Balaban J connectivity index is 2.78. The second-order valence-corrected chi connectivity index (χ2v) is 3.65. The molecule has 1 aromatic rings. The van der Waals surface area contributed by atoms with Crippen molar-refractivity contribution in [2.45, 2.75) is 12.6 Å². The number of amides is 1. The van der Waals surface area contributed by atoms with E-state index >= 15 is 0 Å². The minimum atomic E-state index is -4.37. The topological polar surface area (TPSA) is 59.2 Å². The predicted octanol–water partition coefficient (Wildman–Crippen LogP) is 1.83. The van der Waals surface area contributed by atoms with E-state index in [1.807, 2.05) is 0 Å². The number of carbonyl (C=O) groups excluding carboxylic acids is 1. The molecular formula is C10H11F4N3O. The first-order valence-electron chi connectivity index (χ1n) is 4.94. The number of hydrogen-bond acceptors (Lipinski definition) is 3. The number of nitrogens with two attached hydrogens (primary N) is 1. The van der Waals surface area contributed by atoms with Crippen molar-refractivity contribution in [1.82, 2.24) is 9.88 Å². The van der Waals surface area contributed by atoms with Crippen LogP contribution in [0.25, 0.3) is 0 Å². The summed E-state index contributed by atoms with van der Waals surface area (Å²) in [5.74, 6) is -2.36. The van der Waals surface area contributed by atoms with E-state index in [4.69, 9.17) is 5.73 Å². The normalized spacial score (nSPS) is 11.4. The Morgan fingerprint density at radius 2 is 2.11 bits per heavy atom. The van der Waals surface area contributed by atoms with Crippen LogP contribution in [0.2, 0.25) is 0 Å². The van der Waals surface area contributed by atoms with Crippen molar-refractivity contribution >= 4 is 11.7 Å². The fourth-order valence-electron chi connectivity index (χ4n) is 1.23. The predicted molar refractivity (Wildman–Crippen MR) is 56.2 cm³/mol. The summed E-state index contributed by atoms with van der Waals surface area (Å²) in [5, 5.41) is 0. The number of aromatic nitrogens is 1. The number of nitrogens with zero attached hydrogens (tertiary/aromatic N) is 2. The van der Waals surface area contributed by atoms with Crippen molar-refractivity contribution in [3.05, 3.63) is 23.6 Å². The molecule has 2 N–H and O–H groups in total. The highest BCUT2D eigenvalue weighted by atomic mass is 19.4. The summed E-state index contributed by atoms with van der Waals surface area (Å²) in [5.41, 5.74) is 4.77. The van der Waals surface area contributed by atoms with Gasteiger partial charge in [0.25, 0.3) is 5.91 Å². The highest BCUT2D eigenvalue weighted by molar-refractivity contribution is 5.94. The first-order valence-corrected chi connectivity index (χ1v) is 4.94. The lowest BCUT2D eigenvalue weighted by Crippen LogP contribution is -2.31. The largest absolute Gasteiger partial charge is 0.390 e. The SMILES string of the molecule is CN(CCC(F)(F)F)C(=O)c1ccnc(N)c1F. The van der Waals surface area contributed by atoms with Gasteiger partial charge in [-0.15, -0.1) is 0 Å². The highest BCUT2D eigenvalue weighted by Gasteiger charge is 2.28. The van der Waals surface area contributed by atoms with Crippen LogP contribution in [0.5, 0.6) is 0 Å². The molecule has 0 aliphatic carbocycles. The van der Waals surface area contributed by atoms with Crippen LogP contribution in [0.15, 0.2) is 12.3 Å². The van der Waals surface area contributed by atoms with E-state index in [-0.39, 0.29) is 0 Å². The lowest BCUT2D eigenvalue weighted by Gasteiger charge is -2.18. The number of anilines is 1. The molecular weight excluding hydrogens is 254 g/mol. The minimum Gasteiger partial charge on any atom is -0.381 e. The van der Waals surface area contributed by atoms with E-state index in [2.05, 4.69) is 4.98 Å². The molecule has 1 amide bonds. The maximum Gasteiger partial charge on any atom is 0.390 e. The van der Waals surface area contributed by atoms with Gasteiger partial charge in [0.05, 0.1) is 12.0 Å². The third kappa shape index (κ3) is 3.57. The maximum atomic E-state index is 13.4. The van der Waals surface area contributed by atoms with Gasteiger partial charge in [0.2, 0.25) is 0 Å². The fourth-order valence-corrected chi connectivity index (χ4v) is 1.23. The van der Waals surface area contributed by atoms with Gasteiger partial charge in [-0.3, -0.25) is 4.79 Å². The molecule has 0 aliphatic heterocycles. The number of hydrogen-bond donors (Lipinski definition) is 1. The van der Waals surface area contributed by atoms with Gasteiger partial charge in [0.15, 0.2) is 11.6 Å². The minimum absolute atomic E-state index is 0.396. The second kappa shape index (κ2) is 5.19. The summed E-state index contributed by atoms with van der Waals surface area (Å²) >= 11 is 0. The summed E-state index contributed by atoms with van der Waals surface area (Å²) in [6, 6.07) is 1.07. The molecule has 8 heteroatoms. The van der Waals surface area contributed by atoms with E-state index in [0.717, 1.165) is 24.2 Å². The van der Waals surface area contributed by atoms with Gasteiger partial charge in [-0.25, -0.2) is 9.37 Å². The number of halogens is 4. The smallest absolute Gasteiger partial charge is 0.381 e. The molecule has 100 valence electrons. The Bertz CT molecular complexity index is 447. The van der Waals surface area contributed by atoms with Crippen molar-refractivity contribution < 1.29 is 22.4 Å². The molecule has 4 nitrogen and oxygen atoms in total. The summed E-state index contributed by atoms with van der Waals surface area (Å²) in [4.78, 5) is 15.9. The van der Waals surface area contributed by atoms with Crippen LogP contribution in [-0.2, 0) is 0 Å². The average molecular weight is 265 g/mol. The van der Waals surface area contributed by atoms with Crippen molar-refractivity contribution in [2.75, 3.05) is 19.3 Å². The van der Waals surface area contributed by atoms with Crippen molar-refractivity contribution in [1.29, 1.82) is 0 Å². The number of carbonyl (C=O) groups is 1. The van der Waals surface area contributed by atoms with Gasteiger partial charge in [-0.1, -0.05) is 0 Å². The quantitative estimate of drug-likeness (QED) is 0.848. The van der Waals surface area contributed by atoms with E-state index in [1.165, 1.54) is 0 Å². The Labute approximate surface area is 100 Å². The molecule has 0 saturated carbocycles. The highest BCUT2D eigenvalue weighted by Crippen LogP contribution is 2.20. The van der Waals surface area contributed by atoms with Gasteiger partial charge in [0, 0.05) is 19.8 Å². The standard InChI is InChI=1S/C10H11F4N3O/c1-17(5-3-10(12,13)14)9(18)6-2-4-16-8(15)7(6)11/h2,4H,3,5H2,1H3,(H2,15,16). The number of nitrogen functional groups attached to an aromatic ring is 1. The van der Waals surface area contributed by atoms with Crippen LogP contribution in [0.1, 0.15) is 16.8 Å². The molecule has 0 radical (unpaired) electrons. The summed E-state index contributed by atoms with van der Waals surface area (Å²) in [7, 11) is 1.16. The van der Waals surface area contributed by atoms with Crippen LogP contribution in [0.4, 0.5) is 23.4 Å². The van der Waals surface area contributed by atoms with E-state index in [1.54, 1.807) is 0 Å². The van der Waals surface area contributed by atoms with Crippen LogP contribution < -0.4 is 5.73 Å². The summed E-state index contributed by atoms with van der Waals surface area (Å²) in [6.45, 7) is -0.552. The first kappa shape index (κ1) is 14.2. The molecule has 0 spiro atoms. The van der Waals surface area contributed by atoms with E-state index < -0.39 is 42.2 Å².